The van der Waals surface area contributed by atoms with Crippen molar-refractivity contribution in [3.8, 4) is 5.88 Å². The highest BCUT2D eigenvalue weighted by Gasteiger charge is 2.08. The van der Waals surface area contributed by atoms with Gasteiger partial charge in [0.1, 0.15) is 0 Å². The van der Waals surface area contributed by atoms with Gasteiger partial charge in [-0.3, -0.25) is 14.2 Å². The summed E-state index contributed by atoms with van der Waals surface area (Å²) in [6.07, 6.45) is 0. The first-order chi connectivity index (χ1) is 6.66. The molecule has 2 heterocycles. The summed E-state index contributed by atoms with van der Waals surface area (Å²) >= 11 is 0.884. The van der Waals surface area contributed by atoms with Gasteiger partial charge in [0, 0.05) is 6.07 Å². The normalized spacial score (nSPS) is 10.6. The molecule has 0 bridgehead atoms. The van der Waals surface area contributed by atoms with Crippen molar-refractivity contribution in [3.63, 3.8) is 0 Å². The molecule has 2 rings (SSSR count). The highest BCUT2D eigenvalue weighted by molar-refractivity contribution is 7.07. The summed E-state index contributed by atoms with van der Waals surface area (Å²) in [7, 11) is 0. The maximum atomic E-state index is 11.1. The van der Waals surface area contributed by atoms with Gasteiger partial charge in [-0.1, -0.05) is 11.3 Å². The molecule has 2 aromatic heterocycles. The van der Waals surface area contributed by atoms with E-state index in [1.54, 1.807) is 0 Å². The first-order valence-corrected chi connectivity index (χ1v) is 4.59. The van der Waals surface area contributed by atoms with Crippen LogP contribution in [-0.4, -0.2) is 14.8 Å². The summed E-state index contributed by atoms with van der Waals surface area (Å²) in [5.41, 5.74) is -0.372. The first-order valence-electron chi connectivity index (χ1n) is 3.71. The monoisotopic (exact) mass is 214 g/mol. The fourth-order valence-electron chi connectivity index (χ4n) is 1.02. The molecule has 14 heavy (non-hydrogen) atoms. The van der Waals surface area contributed by atoms with E-state index in [4.69, 9.17) is 4.52 Å². The molecule has 0 radical (unpaired) electrons. The average Bonchev–Trinajstić information content (AvgIpc) is 2.67. The van der Waals surface area contributed by atoms with E-state index in [1.807, 2.05) is 0 Å². The Labute approximate surface area is 81.0 Å². The third-order valence-electron chi connectivity index (χ3n) is 1.65. The van der Waals surface area contributed by atoms with Gasteiger partial charge in [-0.2, -0.15) is 5.16 Å². The Morgan fingerprint density at radius 3 is 2.86 bits per heavy atom. The predicted octanol–water partition coefficient (Wildman–Crippen LogP) is -0.0550. The lowest BCUT2D eigenvalue weighted by atomic mass is 10.4. The molecule has 0 fully saturated rings. The Morgan fingerprint density at radius 1 is 1.57 bits per heavy atom. The van der Waals surface area contributed by atoms with Gasteiger partial charge in [0.25, 0.3) is 5.56 Å². The summed E-state index contributed by atoms with van der Waals surface area (Å²) in [6, 6.07) is 1.23. The van der Waals surface area contributed by atoms with Crippen LogP contribution in [0.5, 0.6) is 5.88 Å². The van der Waals surface area contributed by atoms with Gasteiger partial charge in [-0.05, 0) is 0 Å². The summed E-state index contributed by atoms with van der Waals surface area (Å²) in [5, 5.41) is 12.7. The van der Waals surface area contributed by atoms with Crippen LogP contribution in [0, 0.1) is 0 Å². The van der Waals surface area contributed by atoms with Gasteiger partial charge in [0.05, 0.1) is 11.9 Å². The van der Waals surface area contributed by atoms with Crippen molar-refractivity contribution in [2.45, 2.75) is 6.54 Å². The number of aromatic nitrogens is 2. The van der Waals surface area contributed by atoms with Crippen molar-refractivity contribution < 1.29 is 9.63 Å². The standard InChI is InChI=1S/C7H6N2O4S/c10-5-1-4(13-8-5)2-9-6(11)3-14-7(9)12/h1,3,11H,2H2,(H,8,10). The van der Waals surface area contributed by atoms with E-state index in [0.717, 1.165) is 15.9 Å². The van der Waals surface area contributed by atoms with E-state index < -0.39 is 0 Å². The molecule has 0 saturated carbocycles. The van der Waals surface area contributed by atoms with Crippen molar-refractivity contribution in [3.05, 3.63) is 37.2 Å². The average molecular weight is 214 g/mol. The topological polar surface area (TPSA) is 88.2 Å². The Bertz CT molecular complexity index is 546. The van der Waals surface area contributed by atoms with Crippen molar-refractivity contribution in [2.24, 2.45) is 0 Å². The van der Waals surface area contributed by atoms with E-state index in [-0.39, 0.29) is 22.9 Å². The van der Waals surface area contributed by atoms with Crippen molar-refractivity contribution in [1.29, 1.82) is 0 Å². The van der Waals surface area contributed by atoms with Crippen LogP contribution in [0.1, 0.15) is 5.76 Å². The highest BCUT2D eigenvalue weighted by Crippen LogP contribution is 2.10. The van der Waals surface area contributed by atoms with Gasteiger partial charge in [-0.25, -0.2) is 0 Å². The number of nitrogens with one attached hydrogen (secondary N) is 1. The van der Waals surface area contributed by atoms with E-state index in [9.17, 15) is 14.7 Å². The number of aromatic amines is 1. The molecule has 2 N–H and O–H groups in total. The number of rotatable bonds is 2. The van der Waals surface area contributed by atoms with Gasteiger partial charge in [0.15, 0.2) is 5.76 Å². The highest BCUT2D eigenvalue weighted by atomic mass is 32.1. The lowest BCUT2D eigenvalue weighted by Crippen LogP contribution is -2.12. The molecule has 0 aromatic carbocycles. The molecule has 2 aromatic rings. The predicted molar refractivity (Wildman–Crippen MR) is 48.7 cm³/mol. The first kappa shape index (κ1) is 8.82. The molecule has 0 aliphatic rings. The minimum atomic E-state index is -0.372. The van der Waals surface area contributed by atoms with Crippen molar-refractivity contribution in [2.75, 3.05) is 0 Å². The van der Waals surface area contributed by atoms with Crippen LogP contribution in [-0.2, 0) is 6.54 Å². The number of hydrogen-bond donors (Lipinski definition) is 2. The molecule has 7 heteroatoms. The van der Waals surface area contributed by atoms with Crippen LogP contribution in [0.4, 0.5) is 0 Å². The van der Waals surface area contributed by atoms with Crippen molar-refractivity contribution in [1.82, 2.24) is 9.72 Å². The van der Waals surface area contributed by atoms with Crippen LogP contribution in [0.25, 0.3) is 0 Å². The second kappa shape index (κ2) is 3.18. The van der Waals surface area contributed by atoms with Gasteiger partial charge in [-0.15, -0.1) is 0 Å². The summed E-state index contributed by atoms with van der Waals surface area (Å²) < 4.78 is 5.85. The molecule has 0 spiro atoms. The Hall–Kier alpha value is -1.76. The second-order valence-corrected chi connectivity index (χ2v) is 3.45. The number of aromatic hydroxyl groups is 1. The molecular weight excluding hydrogens is 208 g/mol. The Morgan fingerprint density at radius 2 is 2.36 bits per heavy atom. The molecular formula is C7H6N2O4S. The molecule has 0 atom stereocenters. The largest absolute Gasteiger partial charge is 0.494 e. The summed E-state index contributed by atoms with van der Waals surface area (Å²) in [6.45, 7) is 0.0485. The number of thiazole rings is 1. The van der Waals surface area contributed by atoms with Crippen LogP contribution < -0.4 is 10.4 Å². The van der Waals surface area contributed by atoms with E-state index in [1.165, 1.54) is 11.4 Å². The minimum absolute atomic E-state index is 0.0485. The third kappa shape index (κ3) is 1.49. The minimum Gasteiger partial charge on any atom is -0.494 e. The summed E-state index contributed by atoms with van der Waals surface area (Å²) in [4.78, 5) is 21.5. The quantitative estimate of drug-likeness (QED) is 0.733. The van der Waals surface area contributed by atoms with Crippen LogP contribution in [0.2, 0.25) is 0 Å². The van der Waals surface area contributed by atoms with Crippen LogP contribution in [0.3, 0.4) is 0 Å². The van der Waals surface area contributed by atoms with E-state index in [2.05, 4.69) is 5.16 Å². The Balaban J connectivity index is 2.35. The molecule has 74 valence electrons. The molecule has 0 aliphatic carbocycles. The maximum Gasteiger partial charge on any atom is 0.310 e. The molecule has 0 unspecified atom stereocenters. The van der Waals surface area contributed by atoms with Gasteiger partial charge >= 0.3 is 4.87 Å². The number of hydrogen-bond acceptors (Lipinski definition) is 5. The van der Waals surface area contributed by atoms with Crippen LogP contribution in [0.15, 0.2) is 25.6 Å². The third-order valence-corrected chi connectivity index (χ3v) is 2.40. The molecule has 6 nitrogen and oxygen atoms in total. The van der Waals surface area contributed by atoms with E-state index in [0.29, 0.717) is 5.76 Å². The zero-order valence-electron chi connectivity index (χ0n) is 6.89. The molecule has 0 amide bonds. The molecule has 0 saturated heterocycles. The maximum absolute atomic E-state index is 11.1. The molecule has 0 aliphatic heterocycles. The number of H-pyrrole nitrogens is 1. The fourth-order valence-corrected chi connectivity index (χ4v) is 1.64. The van der Waals surface area contributed by atoms with E-state index >= 15 is 0 Å². The lowest BCUT2D eigenvalue weighted by Gasteiger charge is -1.97. The van der Waals surface area contributed by atoms with Crippen molar-refractivity contribution >= 4 is 11.3 Å². The Kier molecular flexibility index (Phi) is 2.01. The van der Waals surface area contributed by atoms with Crippen LogP contribution >= 0.6 is 11.3 Å². The van der Waals surface area contributed by atoms with Gasteiger partial charge in [0.2, 0.25) is 5.88 Å². The fraction of sp³-hybridized carbons (Fsp3) is 0.143. The smallest absolute Gasteiger partial charge is 0.310 e. The zero-order chi connectivity index (χ0) is 10.1. The van der Waals surface area contributed by atoms with Gasteiger partial charge < -0.3 is 9.63 Å². The number of nitrogens with zero attached hydrogens (tertiary/aromatic N) is 1. The summed E-state index contributed by atoms with van der Waals surface area (Å²) in [5.74, 6) is 0.162. The SMILES string of the molecule is O=c1cc(Cn2c(O)csc2=O)o[nH]1. The zero-order valence-corrected chi connectivity index (χ0v) is 7.71. The second-order valence-electron chi connectivity index (χ2n) is 2.62. The lowest BCUT2D eigenvalue weighted by molar-refractivity contribution is 0.357.